The number of thiocarbonyl (C=S) groups is 1. The Bertz CT molecular complexity index is 2270. The molecule has 1 aromatic heterocycles. The lowest BCUT2D eigenvalue weighted by Gasteiger charge is -2.43. The van der Waals surface area contributed by atoms with Crippen molar-refractivity contribution < 1.29 is 41.5 Å². The van der Waals surface area contributed by atoms with Crippen LogP contribution in [0.1, 0.15) is 62.8 Å². The molecule has 4 fully saturated rings. The number of imide groups is 1. The molecule has 316 valence electrons. The number of nitrogens with one attached hydrogen (secondary N) is 3. The normalized spacial score (nSPS) is 20.8. The highest BCUT2D eigenvalue weighted by Gasteiger charge is 2.60. The minimum atomic E-state index is -4.86. The van der Waals surface area contributed by atoms with Gasteiger partial charge < -0.3 is 20.3 Å². The van der Waals surface area contributed by atoms with Crippen LogP contribution in [-0.4, -0.2) is 100 Å². The van der Waals surface area contributed by atoms with Gasteiger partial charge in [0.1, 0.15) is 35.8 Å². The number of carbonyl (C=O) groups excluding carboxylic acids is 4. The second-order valence-electron chi connectivity index (χ2n) is 15.4. The summed E-state index contributed by atoms with van der Waals surface area (Å²) in [5.41, 5.74) is -1.21. The number of rotatable bonds is 12. The summed E-state index contributed by atoms with van der Waals surface area (Å²) in [6.45, 7) is 7.03. The molecular weight excluding hydrogens is 807 g/mol. The van der Waals surface area contributed by atoms with E-state index in [0.29, 0.717) is 69.2 Å². The number of aromatic nitrogens is 1. The highest BCUT2D eigenvalue weighted by Crippen LogP contribution is 2.49. The maximum absolute atomic E-state index is 14.5. The van der Waals surface area contributed by atoms with Crippen LogP contribution in [0.2, 0.25) is 0 Å². The average Bonchev–Trinajstić information content (AvgIpc) is 3.42. The fourth-order valence-electron chi connectivity index (χ4n) is 8.17. The van der Waals surface area contributed by atoms with E-state index in [0.717, 1.165) is 29.1 Å². The number of alkyl halides is 3. The molecule has 2 atom stereocenters. The first kappa shape index (κ1) is 42.4. The number of aryl methyl sites for hydroxylation is 1. The highest BCUT2D eigenvalue weighted by molar-refractivity contribution is 7.81. The second-order valence-corrected chi connectivity index (χ2v) is 15.7. The van der Waals surface area contributed by atoms with Gasteiger partial charge in [0, 0.05) is 55.7 Å². The Morgan fingerprint density at radius 2 is 1.87 bits per heavy atom. The first-order chi connectivity index (χ1) is 28.6. The quantitative estimate of drug-likeness (QED) is 0.128. The van der Waals surface area contributed by atoms with Crippen LogP contribution < -0.4 is 30.5 Å². The summed E-state index contributed by atoms with van der Waals surface area (Å²) >= 11 is 5.77. The summed E-state index contributed by atoms with van der Waals surface area (Å²) in [5, 5.41) is 17.2. The number of pyridine rings is 1. The number of nitrogens with zero attached hydrogens (tertiary/aromatic N) is 6. The molecule has 19 heteroatoms. The molecule has 2 aromatic carbocycles. The molecule has 60 heavy (non-hydrogen) atoms. The van der Waals surface area contributed by atoms with Gasteiger partial charge in [-0.05, 0) is 99.3 Å². The van der Waals surface area contributed by atoms with E-state index in [4.69, 9.17) is 17.0 Å². The molecule has 0 radical (unpaired) electrons. The number of hydrogen-bond donors (Lipinski definition) is 3. The van der Waals surface area contributed by atoms with E-state index < -0.39 is 46.6 Å². The van der Waals surface area contributed by atoms with Crippen molar-refractivity contribution in [1.82, 2.24) is 20.1 Å². The molecule has 3 aliphatic heterocycles. The van der Waals surface area contributed by atoms with Crippen LogP contribution in [0, 0.1) is 17.1 Å². The maximum atomic E-state index is 14.5. The zero-order valence-corrected chi connectivity index (χ0v) is 33.7. The third-order valence-electron chi connectivity index (χ3n) is 11.4. The summed E-state index contributed by atoms with van der Waals surface area (Å²) in [6.07, 6.45) is -1.08. The molecule has 3 saturated heterocycles. The van der Waals surface area contributed by atoms with Crippen LogP contribution in [0.15, 0.2) is 48.7 Å². The molecule has 1 spiro atoms. The standard InChI is InChI=1S/C41H43F4N9O5S/c1-3-25-15-29(54-39(60)53(38(58)40(54)9-4-10-40)30-19-31(41(43,44)45)33(20-46)47-21-30)5-7-34(25)59-14-13-51-11-12-52(24(2)22-51)23-36(56)49-28-17-26(42)16-27(18-28)48-32-6-8-35(55)50-37(32)57/h5,7,15-19,21,24,32,48H,3-4,6,8-14,22-23H2,1-2H3,(H,49,56)(H,50,55,57)/t24-,32?/m1/s1. The predicted octanol–water partition coefficient (Wildman–Crippen LogP) is 4.98. The lowest BCUT2D eigenvalue weighted by atomic mass is 9.75. The molecule has 4 aliphatic rings. The SMILES string of the molecule is CCc1cc(N2C(=S)N(c3cnc(C#N)c(C(F)(F)F)c3)C(=O)C23CCC3)ccc1OCCN1CCN(CC(=O)Nc2cc(F)cc(NC3CCC(=O)NC3=O)c2)[C@H](C)C1. The van der Waals surface area contributed by atoms with Crippen LogP contribution in [-0.2, 0) is 31.8 Å². The molecule has 1 unspecified atom stereocenters. The number of benzene rings is 2. The Balaban J connectivity index is 0.931. The van der Waals surface area contributed by atoms with E-state index in [1.165, 1.54) is 18.2 Å². The van der Waals surface area contributed by atoms with E-state index in [1.54, 1.807) is 17.0 Å². The number of nitriles is 1. The monoisotopic (exact) mass is 849 g/mol. The van der Waals surface area contributed by atoms with Crippen molar-refractivity contribution >= 4 is 63.7 Å². The van der Waals surface area contributed by atoms with Gasteiger partial charge in [0.15, 0.2) is 10.8 Å². The number of halogens is 4. The first-order valence-corrected chi connectivity index (χ1v) is 20.1. The Hall–Kier alpha value is -5.71. The fourth-order valence-corrected chi connectivity index (χ4v) is 8.64. The number of piperazine rings is 1. The van der Waals surface area contributed by atoms with Crippen molar-refractivity contribution in [2.75, 3.05) is 59.8 Å². The van der Waals surface area contributed by atoms with Crippen molar-refractivity contribution in [1.29, 1.82) is 5.26 Å². The highest BCUT2D eigenvalue weighted by atomic mass is 32.1. The summed E-state index contributed by atoms with van der Waals surface area (Å²) < 4.78 is 62.1. The fraction of sp³-hybridized carbons (Fsp3) is 0.439. The third kappa shape index (κ3) is 8.62. The van der Waals surface area contributed by atoms with Gasteiger partial charge >= 0.3 is 6.18 Å². The van der Waals surface area contributed by atoms with Gasteiger partial charge in [-0.2, -0.15) is 18.4 Å². The van der Waals surface area contributed by atoms with Crippen LogP contribution in [0.5, 0.6) is 5.75 Å². The van der Waals surface area contributed by atoms with Gasteiger partial charge in [0.25, 0.3) is 5.91 Å². The van der Waals surface area contributed by atoms with Crippen molar-refractivity contribution in [2.45, 2.75) is 76.2 Å². The smallest absolute Gasteiger partial charge is 0.419 e. The molecule has 4 amide bonds. The molecule has 3 aromatic rings. The van der Waals surface area contributed by atoms with Crippen molar-refractivity contribution in [3.63, 3.8) is 0 Å². The summed E-state index contributed by atoms with van der Waals surface area (Å²) in [4.78, 5) is 61.4. The van der Waals surface area contributed by atoms with Gasteiger partial charge in [-0.1, -0.05) is 6.92 Å². The Morgan fingerprint density at radius 3 is 2.53 bits per heavy atom. The second kappa shape index (κ2) is 17.1. The lowest BCUT2D eigenvalue weighted by molar-refractivity contribution is -0.138. The van der Waals surface area contributed by atoms with Crippen molar-refractivity contribution in [3.8, 4) is 11.8 Å². The number of anilines is 4. The largest absolute Gasteiger partial charge is 0.492 e. The maximum Gasteiger partial charge on any atom is 0.419 e. The number of ether oxygens (including phenoxy) is 1. The van der Waals surface area contributed by atoms with Crippen LogP contribution in [0.3, 0.4) is 0 Å². The van der Waals surface area contributed by atoms with E-state index in [-0.39, 0.29) is 53.7 Å². The third-order valence-corrected chi connectivity index (χ3v) is 11.8. The molecule has 3 N–H and O–H groups in total. The lowest BCUT2D eigenvalue weighted by Crippen LogP contribution is -2.55. The Labute approximate surface area is 348 Å². The Morgan fingerprint density at radius 1 is 1.10 bits per heavy atom. The molecular formula is C41H43F4N9O5S. The van der Waals surface area contributed by atoms with E-state index >= 15 is 0 Å². The number of hydrogen-bond acceptors (Lipinski definition) is 11. The van der Waals surface area contributed by atoms with E-state index in [2.05, 4.69) is 25.8 Å². The summed E-state index contributed by atoms with van der Waals surface area (Å²) in [7, 11) is 0. The number of amides is 4. The number of carbonyl (C=O) groups is 4. The van der Waals surface area contributed by atoms with Crippen LogP contribution in [0.4, 0.5) is 40.3 Å². The van der Waals surface area contributed by atoms with Gasteiger partial charge in [0.05, 0.1) is 24.0 Å². The summed E-state index contributed by atoms with van der Waals surface area (Å²) in [6, 6.07) is 11.0. The zero-order valence-electron chi connectivity index (χ0n) is 32.9. The number of piperidine rings is 1. The van der Waals surface area contributed by atoms with Gasteiger partial charge in [0.2, 0.25) is 17.7 Å². The van der Waals surface area contributed by atoms with E-state index in [9.17, 15) is 42.0 Å². The van der Waals surface area contributed by atoms with Crippen LogP contribution >= 0.6 is 12.2 Å². The van der Waals surface area contributed by atoms with Gasteiger partial charge in [-0.25, -0.2) is 9.37 Å². The zero-order chi connectivity index (χ0) is 42.9. The van der Waals surface area contributed by atoms with E-state index in [1.807, 2.05) is 30.9 Å². The summed E-state index contributed by atoms with van der Waals surface area (Å²) in [5.74, 6) is -1.54. The average molecular weight is 850 g/mol. The molecule has 0 bridgehead atoms. The molecule has 4 heterocycles. The molecule has 1 saturated carbocycles. The van der Waals surface area contributed by atoms with Gasteiger partial charge in [-0.15, -0.1) is 0 Å². The molecule has 1 aliphatic carbocycles. The van der Waals surface area contributed by atoms with Crippen molar-refractivity contribution in [2.24, 2.45) is 0 Å². The molecule has 14 nitrogen and oxygen atoms in total. The predicted molar refractivity (Wildman–Crippen MR) is 217 cm³/mol. The molecule has 7 rings (SSSR count). The first-order valence-electron chi connectivity index (χ1n) is 19.7. The van der Waals surface area contributed by atoms with Crippen molar-refractivity contribution in [3.05, 3.63) is 71.3 Å². The minimum absolute atomic E-state index is 0.0257. The topological polar surface area (TPSA) is 163 Å². The minimum Gasteiger partial charge on any atom is -0.492 e. The van der Waals surface area contributed by atoms with Gasteiger partial charge in [-0.3, -0.25) is 39.2 Å². The Kier molecular flexibility index (Phi) is 12.1. The van der Waals surface area contributed by atoms with Crippen LogP contribution in [0.25, 0.3) is 0 Å².